The number of rotatable bonds is 1. The lowest BCUT2D eigenvalue weighted by molar-refractivity contribution is 0.261. The van der Waals surface area contributed by atoms with E-state index < -0.39 is 0 Å². The number of carbonyl (C=O) groups is 1. The number of hydrogen-bond acceptors (Lipinski definition) is 4. The highest BCUT2D eigenvalue weighted by Gasteiger charge is 2.17. The van der Waals surface area contributed by atoms with E-state index in [1.807, 2.05) is 24.3 Å². The molecule has 3 rings (SSSR count). The molecule has 4 nitrogen and oxygen atoms in total. The third-order valence-electron chi connectivity index (χ3n) is 2.41. The summed E-state index contributed by atoms with van der Waals surface area (Å²) < 4.78 is 5.43. The summed E-state index contributed by atoms with van der Waals surface area (Å²) in [4.78, 5) is 11.0. The number of benzene rings is 1. The summed E-state index contributed by atoms with van der Waals surface area (Å²) in [5.41, 5.74) is 5.08. The predicted octanol–water partition coefficient (Wildman–Crippen LogP) is 2.59. The van der Waals surface area contributed by atoms with Gasteiger partial charge < -0.3 is 4.42 Å². The van der Waals surface area contributed by atoms with Crippen molar-refractivity contribution < 1.29 is 9.21 Å². The molecule has 0 aliphatic carbocycles. The zero-order valence-electron chi connectivity index (χ0n) is 8.27. The van der Waals surface area contributed by atoms with E-state index in [1.54, 1.807) is 6.26 Å². The summed E-state index contributed by atoms with van der Waals surface area (Å²) in [6.45, 7) is 0. The van der Waals surface area contributed by atoms with Crippen LogP contribution in [0.1, 0.15) is 5.56 Å². The van der Waals surface area contributed by atoms with Crippen LogP contribution < -0.4 is 5.43 Å². The van der Waals surface area contributed by atoms with Crippen molar-refractivity contribution in [1.29, 1.82) is 0 Å². The monoisotopic (exact) mass is 232 g/mol. The van der Waals surface area contributed by atoms with Crippen molar-refractivity contribution in [2.75, 3.05) is 5.75 Å². The Balaban J connectivity index is 2.09. The van der Waals surface area contributed by atoms with Crippen LogP contribution in [0.2, 0.25) is 0 Å². The van der Waals surface area contributed by atoms with Gasteiger partial charge in [0.25, 0.3) is 5.24 Å². The smallest absolute Gasteiger partial charge is 0.299 e. The number of para-hydroxylation sites is 1. The second kappa shape index (κ2) is 3.68. The zero-order chi connectivity index (χ0) is 11.0. The molecule has 1 aliphatic heterocycles. The lowest BCUT2D eigenvalue weighted by Crippen LogP contribution is -2.23. The molecular weight excluding hydrogens is 224 g/mol. The number of thioether (sulfide) groups is 1. The summed E-state index contributed by atoms with van der Waals surface area (Å²) in [7, 11) is 0. The molecule has 1 amide bonds. The molecule has 2 aromatic rings. The third kappa shape index (κ3) is 1.49. The van der Waals surface area contributed by atoms with Crippen LogP contribution in [0.5, 0.6) is 0 Å². The molecular formula is C11H8N2O2S. The lowest BCUT2D eigenvalue weighted by atomic mass is 10.1. The minimum Gasteiger partial charge on any atom is -0.464 e. The number of carbonyl (C=O) groups excluding carboxylic acids is 1. The largest absolute Gasteiger partial charge is 0.464 e. The maximum Gasteiger partial charge on any atom is 0.299 e. The van der Waals surface area contributed by atoms with E-state index in [0.717, 1.165) is 22.2 Å². The molecule has 0 bridgehead atoms. The SMILES string of the molecule is O=C1NN=C(c2coc3ccccc23)CS1. The summed E-state index contributed by atoms with van der Waals surface area (Å²) in [5.74, 6) is 0.579. The van der Waals surface area contributed by atoms with Gasteiger partial charge in [0.05, 0.1) is 5.71 Å². The van der Waals surface area contributed by atoms with Crippen LogP contribution in [-0.4, -0.2) is 16.7 Å². The first kappa shape index (κ1) is 9.47. The second-order valence-corrected chi connectivity index (χ2v) is 4.34. The quantitative estimate of drug-likeness (QED) is 0.822. The van der Waals surface area contributed by atoms with Crippen molar-refractivity contribution in [2.24, 2.45) is 5.10 Å². The van der Waals surface area contributed by atoms with Crippen molar-refractivity contribution in [3.63, 3.8) is 0 Å². The molecule has 0 saturated heterocycles. The minimum absolute atomic E-state index is 0.114. The number of hydrazone groups is 1. The Morgan fingerprint density at radius 1 is 1.38 bits per heavy atom. The predicted molar refractivity (Wildman–Crippen MR) is 63.7 cm³/mol. The van der Waals surface area contributed by atoms with Gasteiger partial charge in [0.2, 0.25) is 0 Å². The van der Waals surface area contributed by atoms with Crippen molar-refractivity contribution >= 4 is 33.7 Å². The van der Waals surface area contributed by atoms with Gasteiger partial charge in [0, 0.05) is 16.7 Å². The van der Waals surface area contributed by atoms with E-state index in [1.165, 1.54) is 11.8 Å². The van der Waals surface area contributed by atoms with Crippen LogP contribution in [0.4, 0.5) is 4.79 Å². The van der Waals surface area contributed by atoms with Crippen LogP contribution in [0.25, 0.3) is 11.0 Å². The maximum absolute atomic E-state index is 11.0. The minimum atomic E-state index is -0.114. The Kier molecular flexibility index (Phi) is 2.18. The highest BCUT2D eigenvalue weighted by Crippen LogP contribution is 2.23. The molecule has 5 heteroatoms. The fraction of sp³-hybridized carbons (Fsp3) is 0.0909. The number of fused-ring (bicyclic) bond motifs is 1. The lowest BCUT2D eigenvalue weighted by Gasteiger charge is -2.09. The Hall–Kier alpha value is -1.75. The number of nitrogens with one attached hydrogen (secondary N) is 1. The standard InChI is InChI=1S/C11H8N2O2S/c14-11-13-12-9(6-16-11)8-5-15-10-4-2-1-3-7(8)10/h1-5H,6H2,(H,13,14). The molecule has 1 aromatic heterocycles. The van der Waals surface area contributed by atoms with Gasteiger partial charge in [-0.15, -0.1) is 0 Å². The molecule has 0 atom stereocenters. The second-order valence-electron chi connectivity index (χ2n) is 3.39. The van der Waals surface area contributed by atoms with Gasteiger partial charge in [0.15, 0.2) is 0 Å². The molecule has 16 heavy (non-hydrogen) atoms. The molecule has 1 aliphatic rings. The van der Waals surface area contributed by atoms with Crippen LogP contribution in [-0.2, 0) is 0 Å². The van der Waals surface area contributed by atoms with E-state index >= 15 is 0 Å². The average Bonchev–Trinajstić information content (AvgIpc) is 2.74. The third-order valence-corrected chi connectivity index (χ3v) is 3.19. The van der Waals surface area contributed by atoms with Gasteiger partial charge in [-0.2, -0.15) is 5.10 Å². The van der Waals surface area contributed by atoms with E-state index in [4.69, 9.17) is 4.42 Å². The van der Waals surface area contributed by atoms with Gasteiger partial charge in [-0.05, 0) is 6.07 Å². The summed E-state index contributed by atoms with van der Waals surface area (Å²) >= 11 is 1.21. The fourth-order valence-corrected chi connectivity index (χ4v) is 2.25. The highest BCUT2D eigenvalue weighted by atomic mass is 32.2. The first-order valence-corrected chi connectivity index (χ1v) is 5.79. The van der Waals surface area contributed by atoms with E-state index in [0.29, 0.717) is 5.75 Å². The van der Waals surface area contributed by atoms with Crippen LogP contribution in [0, 0.1) is 0 Å². The Bertz CT molecular complexity index is 588. The number of nitrogens with zero attached hydrogens (tertiary/aromatic N) is 1. The van der Waals surface area contributed by atoms with Crippen LogP contribution in [0.3, 0.4) is 0 Å². The Morgan fingerprint density at radius 2 is 2.25 bits per heavy atom. The first-order valence-electron chi connectivity index (χ1n) is 4.80. The highest BCUT2D eigenvalue weighted by molar-refractivity contribution is 8.14. The van der Waals surface area contributed by atoms with E-state index in [-0.39, 0.29) is 5.24 Å². The molecule has 1 N–H and O–H groups in total. The molecule has 0 saturated carbocycles. The molecule has 0 unspecified atom stereocenters. The first-order chi connectivity index (χ1) is 7.84. The molecule has 0 radical (unpaired) electrons. The van der Waals surface area contributed by atoms with Crippen molar-refractivity contribution in [1.82, 2.24) is 5.43 Å². The molecule has 2 heterocycles. The maximum atomic E-state index is 11.0. The Labute approximate surface area is 95.7 Å². The summed E-state index contributed by atoms with van der Waals surface area (Å²) in [6.07, 6.45) is 1.68. The van der Waals surface area contributed by atoms with Gasteiger partial charge in [-0.3, -0.25) is 4.79 Å². The van der Waals surface area contributed by atoms with Gasteiger partial charge in [-0.1, -0.05) is 30.0 Å². The topological polar surface area (TPSA) is 54.6 Å². The van der Waals surface area contributed by atoms with Gasteiger partial charge >= 0.3 is 0 Å². The van der Waals surface area contributed by atoms with Crippen LogP contribution in [0.15, 0.2) is 40.0 Å². The van der Waals surface area contributed by atoms with E-state index in [9.17, 15) is 4.79 Å². The molecule has 0 spiro atoms. The molecule has 80 valence electrons. The molecule has 1 aromatic carbocycles. The summed E-state index contributed by atoms with van der Waals surface area (Å²) in [6, 6.07) is 7.77. The Morgan fingerprint density at radius 3 is 3.06 bits per heavy atom. The zero-order valence-corrected chi connectivity index (χ0v) is 9.08. The van der Waals surface area contributed by atoms with Crippen molar-refractivity contribution in [3.8, 4) is 0 Å². The van der Waals surface area contributed by atoms with Crippen molar-refractivity contribution in [3.05, 3.63) is 36.1 Å². The number of hydrogen-bond donors (Lipinski definition) is 1. The van der Waals surface area contributed by atoms with Crippen LogP contribution >= 0.6 is 11.8 Å². The molecule has 0 fully saturated rings. The van der Waals surface area contributed by atoms with E-state index in [2.05, 4.69) is 10.5 Å². The van der Waals surface area contributed by atoms with Gasteiger partial charge in [0.1, 0.15) is 11.8 Å². The van der Waals surface area contributed by atoms with Gasteiger partial charge in [-0.25, -0.2) is 5.43 Å². The normalized spacial score (nSPS) is 16.0. The number of furan rings is 1. The summed E-state index contributed by atoms with van der Waals surface area (Å²) in [5, 5.41) is 4.95. The van der Waals surface area contributed by atoms with Crippen molar-refractivity contribution in [2.45, 2.75) is 0 Å². The average molecular weight is 232 g/mol. The number of amides is 1. The fourth-order valence-electron chi connectivity index (χ4n) is 1.65.